The summed E-state index contributed by atoms with van der Waals surface area (Å²) in [5.41, 5.74) is -1.22. The van der Waals surface area contributed by atoms with E-state index in [1.807, 2.05) is 0 Å². The Labute approximate surface area is 132 Å². The molecule has 22 heavy (non-hydrogen) atoms. The van der Waals surface area contributed by atoms with E-state index < -0.39 is 17.5 Å². The minimum atomic E-state index is -1.19. The molecule has 7 nitrogen and oxygen atoms in total. The van der Waals surface area contributed by atoms with Gasteiger partial charge in [-0.15, -0.1) is 0 Å². The fourth-order valence-corrected chi connectivity index (χ4v) is 3.68. The zero-order valence-corrected chi connectivity index (χ0v) is 13.3. The predicted molar refractivity (Wildman–Crippen MR) is 80.2 cm³/mol. The number of β-lactam (4-membered cyclic amide) rings is 1. The van der Waals surface area contributed by atoms with Crippen LogP contribution in [0.3, 0.4) is 0 Å². The van der Waals surface area contributed by atoms with Crippen molar-refractivity contribution in [3.8, 4) is 0 Å². The number of hydrogen-bond acceptors (Lipinski definition) is 5. The zero-order chi connectivity index (χ0) is 16.7. The van der Waals surface area contributed by atoms with Crippen molar-refractivity contribution in [1.82, 2.24) is 10.2 Å². The largest absolute Gasteiger partial charge is 0.477 e. The molecule has 0 aliphatic carbocycles. The summed E-state index contributed by atoms with van der Waals surface area (Å²) in [6.45, 7) is 4.47. The number of fused-ring (bicyclic) bond motifs is 1. The average Bonchev–Trinajstić information content (AvgIpc) is 2.67. The molecule has 0 aromatic carbocycles. The monoisotopic (exact) mass is 326 g/mol. The van der Waals surface area contributed by atoms with Crippen LogP contribution >= 0.6 is 11.8 Å². The van der Waals surface area contributed by atoms with Crippen LogP contribution in [-0.2, 0) is 14.4 Å². The van der Waals surface area contributed by atoms with Gasteiger partial charge in [-0.25, -0.2) is 4.79 Å². The molecule has 2 heterocycles. The number of rotatable bonds is 5. The van der Waals surface area contributed by atoms with Crippen LogP contribution in [-0.4, -0.2) is 44.5 Å². The van der Waals surface area contributed by atoms with Crippen LogP contribution in [0, 0.1) is 5.92 Å². The summed E-state index contributed by atoms with van der Waals surface area (Å²) < 4.78 is 0. The minimum absolute atomic E-state index is 0.0343. The van der Waals surface area contributed by atoms with Gasteiger partial charge in [0.05, 0.1) is 17.6 Å². The fraction of sp³-hybridized carbons (Fsp3) is 0.500. The summed E-state index contributed by atoms with van der Waals surface area (Å²) in [4.78, 5) is 36.1. The van der Waals surface area contributed by atoms with Gasteiger partial charge in [0.1, 0.15) is 5.70 Å². The van der Waals surface area contributed by atoms with E-state index in [0.717, 1.165) is 11.8 Å². The Morgan fingerprint density at radius 2 is 2.09 bits per heavy atom. The van der Waals surface area contributed by atoms with Crippen molar-refractivity contribution in [1.29, 1.82) is 0 Å². The highest BCUT2D eigenvalue weighted by atomic mass is 32.2. The highest BCUT2D eigenvalue weighted by Gasteiger charge is 2.59. The molecule has 0 aromatic heterocycles. The molecule has 2 aliphatic heterocycles. The Bertz CT molecular complexity index is 591. The lowest BCUT2D eigenvalue weighted by Gasteiger charge is -2.48. The Kier molecular flexibility index (Phi) is 4.35. The van der Waals surface area contributed by atoms with Gasteiger partial charge in [0.25, 0.3) is 0 Å². The van der Waals surface area contributed by atoms with Gasteiger partial charge in [-0.3, -0.25) is 9.59 Å². The molecule has 0 radical (unpaired) electrons. The second-order valence-electron chi connectivity index (χ2n) is 5.81. The van der Waals surface area contributed by atoms with Crippen molar-refractivity contribution in [3.63, 3.8) is 0 Å². The first-order valence-electron chi connectivity index (χ1n) is 6.75. The summed E-state index contributed by atoms with van der Waals surface area (Å²) in [7, 11) is 0. The molecule has 1 saturated heterocycles. The van der Waals surface area contributed by atoms with Gasteiger partial charge in [0.15, 0.2) is 0 Å². The standard InChI is InChI=1S/C14H18N2O5S/c1-7(17)15-4-5-22-9-6-8-10(14(2,3)21)12(18)16(8)11(9)13(19)20/h4-5,8,10,21H,6H2,1-3H3,(H,15,17)(H,19,20). The smallest absolute Gasteiger partial charge is 0.353 e. The lowest BCUT2D eigenvalue weighted by Crippen LogP contribution is -2.65. The first kappa shape index (κ1) is 16.6. The molecule has 8 heteroatoms. The maximum Gasteiger partial charge on any atom is 0.353 e. The highest BCUT2D eigenvalue weighted by Crippen LogP contribution is 2.49. The Morgan fingerprint density at radius 3 is 2.59 bits per heavy atom. The van der Waals surface area contributed by atoms with Crippen LogP contribution < -0.4 is 5.32 Å². The van der Waals surface area contributed by atoms with E-state index in [4.69, 9.17) is 0 Å². The molecule has 0 saturated carbocycles. The first-order chi connectivity index (χ1) is 10.1. The zero-order valence-electron chi connectivity index (χ0n) is 12.5. The van der Waals surface area contributed by atoms with Crippen molar-refractivity contribution in [3.05, 3.63) is 22.2 Å². The number of carboxylic acids is 1. The number of carboxylic acid groups (broad SMARTS) is 1. The Balaban J connectivity index is 2.17. The van der Waals surface area contributed by atoms with Gasteiger partial charge in [-0.2, -0.15) is 0 Å². The van der Waals surface area contributed by atoms with E-state index in [0.29, 0.717) is 11.3 Å². The number of aliphatic hydroxyl groups is 1. The molecule has 2 unspecified atom stereocenters. The lowest BCUT2D eigenvalue weighted by molar-refractivity contribution is -0.169. The van der Waals surface area contributed by atoms with Crippen LogP contribution in [0.2, 0.25) is 0 Å². The summed E-state index contributed by atoms with van der Waals surface area (Å²) in [6, 6.07) is -0.324. The Hall–Kier alpha value is -1.80. The van der Waals surface area contributed by atoms with Crippen molar-refractivity contribution >= 4 is 29.5 Å². The second kappa shape index (κ2) is 5.77. The van der Waals surface area contributed by atoms with Crippen molar-refractivity contribution in [2.75, 3.05) is 0 Å². The molecule has 2 rings (SSSR count). The van der Waals surface area contributed by atoms with Crippen LogP contribution in [0.25, 0.3) is 0 Å². The molecule has 120 valence electrons. The number of hydrogen-bond donors (Lipinski definition) is 3. The lowest BCUT2D eigenvalue weighted by atomic mass is 9.76. The van der Waals surface area contributed by atoms with Crippen molar-refractivity contribution < 1.29 is 24.6 Å². The summed E-state index contributed by atoms with van der Waals surface area (Å²) in [5, 5.41) is 23.4. The first-order valence-corrected chi connectivity index (χ1v) is 7.63. The van der Waals surface area contributed by atoms with Gasteiger partial charge in [0.2, 0.25) is 11.8 Å². The van der Waals surface area contributed by atoms with Gasteiger partial charge >= 0.3 is 5.97 Å². The van der Waals surface area contributed by atoms with E-state index in [9.17, 15) is 24.6 Å². The minimum Gasteiger partial charge on any atom is -0.477 e. The number of amides is 2. The quantitative estimate of drug-likeness (QED) is 0.640. The highest BCUT2D eigenvalue weighted by molar-refractivity contribution is 8.05. The molecular formula is C14H18N2O5S. The molecule has 0 aromatic rings. The van der Waals surface area contributed by atoms with Crippen LogP contribution in [0.15, 0.2) is 22.2 Å². The van der Waals surface area contributed by atoms with E-state index in [1.165, 1.54) is 18.0 Å². The summed E-state index contributed by atoms with van der Waals surface area (Å²) in [6.07, 6.45) is 1.81. The third-order valence-corrected chi connectivity index (χ3v) is 4.56. The number of nitrogens with zero attached hydrogens (tertiary/aromatic N) is 1. The predicted octanol–water partition coefficient (Wildman–Crippen LogP) is 0.625. The molecule has 0 spiro atoms. The van der Waals surface area contributed by atoms with Crippen LogP contribution in [0.5, 0.6) is 0 Å². The van der Waals surface area contributed by atoms with Crippen molar-refractivity contribution in [2.45, 2.75) is 38.8 Å². The summed E-state index contributed by atoms with van der Waals surface area (Å²) in [5.74, 6) is -2.35. The summed E-state index contributed by atoms with van der Waals surface area (Å²) >= 11 is 1.15. The van der Waals surface area contributed by atoms with E-state index in [1.54, 1.807) is 19.3 Å². The molecule has 0 bridgehead atoms. The maximum atomic E-state index is 12.2. The van der Waals surface area contributed by atoms with Crippen molar-refractivity contribution in [2.24, 2.45) is 5.92 Å². The van der Waals surface area contributed by atoms with E-state index in [2.05, 4.69) is 5.32 Å². The maximum absolute atomic E-state index is 12.2. The Morgan fingerprint density at radius 1 is 1.45 bits per heavy atom. The third kappa shape index (κ3) is 2.89. The van der Waals surface area contributed by atoms with Gasteiger partial charge in [-0.05, 0) is 19.3 Å². The van der Waals surface area contributed by atoms with Crippen LogP contribution in [0.1, 0.15) is 27.2 Å². The number of thioether (sulfide) groups is 1. The normalized spacial score (nSPS) is 24.5. The molecule has 1 fully saturated rings. The fourth-order valence-electron chi connectivity index (χ4n) is 2.82. The van der Waals surface area contributed by atoms with Crippen LogP contribution in [0.4, 0.5) is 0 Å². The van der Waals surface area contributed by atoms with Gasteiger partial charge < -0.3 is 20.4 Å². The number of nitrogens with one attached hydrogen (secondary N) is 1. The third-order valence-electron chi connectivity index (χ3n) is 3.65. The molecule has 2 amide bonds. The topological polar surface area (TPSA) is 107 Å². The second-order valence-corrected chi connectivity index (χ2v) is 6.81. The number of carbonyl (C=O) groups is 3. The SMILES string of the molecule is CC(=O)NC=CSC1=C(C(=O)O)N2C(=O)C(C(C)(C)O)C2C1. The van der Waals surface area contributed by atoms with E-state index >= 15 is 0 Å². The average molecular weight is 326 g/mol. The molecule has 2 atom stereocenters. The van der Waals surface area contributed by atoms with Gasteiger partial charge in [0, 0.05) is 24.4 Å². The molecule has 2 aliphatic rings. The number of carbonyl (C=O) groups excluding carboxylic acids is 2. The molecule has 3 N–H and O–H groups in total. The van der Waals surface area contributed by atoms with E-state index in [-0.39, 0.29) is 23.6 Å². The van der Waals surface area contributed by atoms with Gasteiger partial charge in [-0.1, -0.05) is 11.8 Å². The molecular weight excluding hydrogens is 308 g/mol. The number of aliphatic carboxylic acids is 1.